The van der Waals surface area contributed by atoms with Gasteiger partial charge in [0.2, 0.25) is 5.91 Å². The van der Waals surface area contributed by atoms with E-state index in [1.807, 2.05) is 4.90 Å². The molecule has 0 aliphatic carbocycles. The van der Waals surface area contributed by atoms with Gasteiger partial charge in [-0.1, -0.05) is 12.2 Å². The molecule has 1 rings (SSSR count). The third-order valence-electron chi connectivity index (χ3n) is 2.08. The van der Waals surface area contributed by atoms with Crippen LogP contribution < -0.4 is 5.73 Å². The maximum Gasteiger partial charge on any atom is 0.224 e. The van der Waals surface area contributed by atoms with E-state index in [0.29, 0.717) is 13.0 Å². The lowest BCUT2D eigenvalue weighted by Crippen LogP contribution is -2.37. The van der Waals surface area contributed by atoms with Gasteiger partial charge in [-0.05, 0) is 12.8 Å². The van der Waals surface area contributed by atoms with Crippen molar-refractivity contribution >= 4 is 5.91 Å². The monoisotopic (exact) mass is 168 g/mol. The zero-order valence-electron chi connectivity index (χ0n) is 7.38. The second-order valence-electron chi connectivity index (χ2n) is 3.21. The fourth-order valence-corrected chi connectivity index (χ4v) is 1.44. The lowest BCUT2D eigenvalue weighted by molar-refractivity contribution is -0.131. The van der Waals surface area contributed by atoms with Crippen LogP contribution in [0.4, 0.5) is 0 Å². The smallest absolute Gasteiger partial charge is 0.224 e. The van der Waals surface area contributed by atoms with Crippen LogP contribution in [-0.2, 0) is 4.79 Å². The summed E-state index contributed by atoms with van der Waals surface area (Å²) >= 11 is 0. The molecule has 0 radical (unpaired) electrons. The summed E-state index contributed by atoms with van der Waals surface area (Å²) in [7, 11) is 0. The van der Waals surface area contributed by atoms with E-state index in [9.17, 15) is 4.79 Å². The van der Waals surface area contributed by atoms with Crippen LogP contribution in [0, 0.1) is 0 Å². The summed E-state index contributed by atoms with van der Waals surface area (Å²) in [5.74, 6) is 0.165. The second kappa shape index (κ2) is 4.26. The van der Waals surface area contributed by atoms with Crippen molar-refractivity contribution in [1.82, 2.24) is 4.90 Å². The van der Waals surface area contributed by atoms with Crippen molar-refractivity contribution in [3.63, 3.8) is 0 Å². The van der Waals surface area contributed by atoms with E-state index in [-0.39, 0.29) is 5.91 Å². The van der Waals surface area contributed by atoms with Gasteiger partial charge in [0, 0.05) is 26.1 Å². The fraction of sp³-hybridized carbons (Fsp3) is 0.667. The standard InChI is InChI=1S/C9H16N2O/c1-8-3-2-6-11(7-8)9(12)4-5-10/h1-7,10H2. The molecule has 68 valence electrons. The number of carbonyl (C=O) groups is 1. The Labute approximate surface area is 73.2 Å². The number of carbonyl (C=O) groups excluding carboxylic acids is 1. The van der Waals surface area contributed by atoms with Crippen LogP contribution in [0.2, 0.25) is 0 Å². The highest BCUT2D eigenvalue weighted by atomic mass is 16.2. The highest BCUT2D eigenvalue weighted by Crippen LogP contribution is 2.13. The van der Waals surface area contributed by atoms with Crippen molar-refractivity contribution in [2.45, 2.75) is 19.3 Å². The summed E-state index contributed by atoms with van der Waals surface area (Å²) < 4.78 is 0. The van der Waals surface area contributed by atoms with Crippen molar-refractivity contribution in [3.8, 4) is 0 Å². The van der Waals surface area contributed by atoms with Gasteiger partial charge in [0.15, 0.2) is 0 Å². The van der Waals surface area contributed by atoms with Gasteiger partial charge in [0.1, 0.15) is 0 Å². The number of nitrogens with zero attached hydrogens (tertiary/aromatic N) is 1. The molecule has 1 saturated heterocycles. The summed E-state index contributed by atoms with van der Waals surface area (Å²) in [4.78, 5) is 13.2. The van der Waals surface area contributed by atoms with Crippen molar-refractivity contribution in [2.75, 3.05) is 19.6 Å². The maximum atomic E-state index is 11.3. The third kappa shape index (κ3) is 2.34. The minimum absolute atomic E-state index is 0.165. The first-order valence-electron chi connectivity index (χ1n) is 4.38. The summed E-state index contributed by atoms with van der Waals surface area (Å²) in [6.07, 6.45) is 2.58. The Morgan fingerprint density at radius 3 is 3.00 bits per heavy atom. The van der Waals surface area contributed by atoms with E-state index in [1.54, 1.807) is 0 Å². The number of piperidine rings is 1. The Hall–Kier alpha value is -0.830. The molecular weight excluding hydrogens is 152 g/mol. The molecule has 0 saturated carbocycles. The lowest BCUT2D eigenvalue weighted by Gasteiger charge is -2.28. The van der Waals surface area contributed by atoms with E-state index >= 15 is 0 Å². The Morgan fingerprint density at radius 1 is 1.67 bits per heavy atom. The lowest BCUT2D eigenvalue weighted by atomic mass is 10.1. The maximum absolute atomic E-state index is 11.3. The van der Waals surface area contributed by atoms with Crippen LogP contribution in [0.25, 0.3) is 0 Å². The molecular formula is C9H16N2O. The first kappa shape index (κ1) is 9.26. The topological polar surface area (TPSA) is 46.3 Å². The fourth-order valence-electron chi connectivity index (χ4n) is 1.44. The predicted molar refractivity (Wildman–Crippen MR) is 48.6 cm³/mol. The van der Waals surface area contributed by atoms with Crippen molar-refractivity contribution in [3.05, 3.63) is 12.2 Å². The highest BCUT2D eigenvalue weighted by molar-refractivity contribution is 5.76. The van der Waals surface area contributed by atoms with Crippen molar-refractivity contribution in [1.29, 1.82) is 0 Å². The number of hydrogen-bond acceptors (Lipinski definition) is 2. The molecule has 1 aliphatic heterocycles. The molecule has 0 spiro atoms. The molecule has 12 heavy (non-hydrogen) atoms. The van der Waals surface area contributed by atoms with Crippen LogP contribution in [0.1, 0.15) is 19.3 Å². The molecule has 0 unspecified atom stereocenters. The molecule has 2 N–H and O–H groups in total. The van der Waals surface area contributed by atoms with Crippen LogP contribution >= 0.6 is 0 Å². The van der Waals surface area contributed by atoms with E-state index in [0.717, 1.165) is 31.5 Å². The largest absolute Gasteiger partial charge is 0.339 e. The van der Waals surface area contributed by atoms with E-state index in [1.165, 1.54) is 0 Å². The number of amides is 1. The van der Waals surface area contributed by atoms with Gasteiger partial charge in [0.25, 0.3) is 0 Å². The Kier molecular flexibility index (Phi) is 3.29. The molecule has 1 fully saturated rings. The Morgan fingerprint density at radius 2 is 2.42 bits per heavy atom. The average molecular weight is 168 g/mol. The van der Waals surface area contributed by atoms with Crippen LogP contribution in [0.15, 0.2) is 12.2 Å². The molecule has 1 amide bonds. The summed E-state index contributed by atoms with van der Waals surface area (Å²) in [6, 6.07) is 0. The SMILES string of the molecule is C=C1CCCN(C(=O)CCN)C1. The molecule has 1 aliphatic rings. The van der Waals surface area contributed by atoms with E-state index in [4.69, 9.17) is 5.73 Å². The summed E-state index contributed by atoms with van der Waals surface area (Å²) in [6.45, 7) is 5.94. The highest BCUT2D eigenvalue weighted by Gasteiger charge is 2.16. The van der Waals surface area contributed by atoms with Crippen molar-refractivity contribution in [2.24, 2.45) is 5.73 Å². The number of likely N-dealkylation sites (tertiary alicyclic amines) is 1. The number of hydrogen-bond donors (Lipinski definition) is 1. The summed E-state index contributed by atoms with van der Waals surface area (Å²) in [5, 5.41) is 0. The first-order valence-corrected chi connectivity index (χ1v) is 4.38. The summed E-state index contributed by atoms with van der Waals surface area (Å²) in [5.41, 5.74) is 6.46. The van der Waals surface area contributed by atoms with Crippen molar-refractivity contribution < 1.29 is 4.79 Å². The zero-order valence-corrected chi connectivity index (χ0v) is 7.38. The minimum atomic E-state index is 0.165. The van der Waals surface area contributed by atoms with Gasteiger partial charge in [0.05, 0.1) is 0 Å². The van der Waals surface area contributed by atoms with Crippen LogP contribution in [0.3, 0.4) is 0 Å². The van der Waals surface area contributed by atoms with Gasteiger partial charge >= 0.3 is 0 Å². The van der Waals surface area contributed by atoms with Gasteiger partial charge in [-0.2, -0.15) is 0 Å². The number of rotatable bonds is 2. The first-order chi connectivity index (χ1) is 5.74. The van der Waals surface area contributed by atoms with Crippen LogP contribution in [-0.4, -0.2) is 30.4 Å². The quantitative estimate of drug-likeness (QED) is 0.611. The Balaban J connectivity index is 2.40. The Bertz CT molecular complexity index is 189. The van der Waals surface area contributed by atoms with Gasteiger partial charge in [-0.3, -0.25) is 4.79 Å². The second-order valence-corrected chi connectivity index (χ2v) is 3.21. The molecule has 0 aromatic carbocycles. The molecule has 0 atom stereocenters. The molecule has 1 heterocycles. The number of nitrogens with two attached hydrogens (primary N) is 1. The minimum Gasteiger partial charge on any atom is -0.339 e. The molecule has 0 aromatic heterocycles. The van der Waals surface area contributed by atoms with Gasteiger partial charge in [-0.15, -0.1) is 0 Å². The van der Waals surface area contributed by atoms with E-state index < -0.39 is 0 Å². The predicted octanol–water partition coefficient (Wildman–Crippen LogP) is 0.514. The van der Waals surface area contributed by atoms with E-state index in [2.05, 4.69) is 6.58 Å². The van der Waals surface area contributed by atoms with Gasteiger partial charge in [-0.25, -0.2) is 0 Å². The normalized spacial score (nSPS) is 18.1. The average Bonchev–Trinajstić information content (AvgIpc) is 2.05. The third-order valence-corrected chi connectivity index (χ3v) is 2.08. The zero-order chi connectivity index (χ0) is 8.97. The van der Waals surface area contributed by atoms with Crippen LogP contribution in [0.5, 0.6) is 0 Å². The molecule has 0 bridgehead atoms. The molecule has 3 heteroatoms. The van der Waals surface area contributed by atoms with Gasteiger partial charge < -0.3 is 10.6 Å². The molecule has 0 aromatic rings. The molecule has 3 nitrogen and oxygen atoms in total.